The van der Waals surface area contributed by atoms with E-state index in [2.05, 4.69) is 12.4 Å². The molecule has 0 amide bonds. The van der Waals surface area contributed by atoms with Crippen molar-refractivity contribution in [2.45, 2.75) is 75.5 Å². The summed E-state index contributed by atoms with van der Waals surface area (Å²) >= 11 is 0. The lowest BCUT2D eigenvalue weighted by Crippen LogP contribution is -2.51. The summed E-state index contributed by atoms with van der Waals surface area (Å²) in [6.07, 6.45) is 12.0. The molecular weight excluding hydrogens is 238 g/mol. The molecule has 0 bridgehead atoms. The Labute approximate surface area is 117 Å². The van der Waals surface area contributed by atoms with Gasteiger partial charge in [-0.05, 0) is 51.5 Å². The third-order valence-corrected chi connectivity index (χ3v) is 5.50. The third kappa shape index (κ3) is 2.98. The highest BCUT2D eigenvalue weighted by Crippen LogP contribution is 2.42. The first-order valence-corrected chi connectivity index (χ1v) is 8.26. The van der Waals surface area contributed by atoms with Gasteiger partial charge < -0.3 is 14.8 Å². The van der Waals surface area contributed by atoms with Crippen molar-refractivity contribution in [3.8, 4) is 0 Å². The Hall–Kier alpha value is -0.120. The van der Waals surface area contributed by atoms with Crippen LogP contribution in [0.25, 0.3) is 0 Å². The van der Waals surface area contributed by atoms with Crippen LogP contribution in [0.15, 0.2) is 0 Å². The molecule has 19 heavy (non-hydrogen) atoms. The SMILES string of the molecule is CNC(C1CCOC2(CCCCC2)C1)C1CCCO1. The highest BCUT2D eigenvalue weighted by Gasteiger charge is 2.42. The van der Waals surface area contributed by atoms with Crippen LogP contribution in [0.3, 0.4) is 0 Å². The Balaban J connectivity index is 1.65. The average molecular weight is 267 g/mol. The van der Waals surface area contributed by atoms with Gasteiger partial charge in [-0.15, -0.1) is 0 Å². The zero-order valence-corrected chi connectivity index (χ0v) is 12.3. The molecule has 3 nitrogen and oxygen atoms in total. The van der Waals surface area contributed by atoms with Crippen molar-refractivity contribution >= 4 is 0 Å². The van der Waals surface area contributed by atoms with Crippen LogP contribution < -0.4 is 5.32 Å². The first-order chi connectivity index (χ1) is 9.33. The van der Waals surface area contributed by atoms with E-state index >= 15 is 0 Å². The monoisotopic (exact) mass is 267 g/mol. The molecule has 3 unspecified atom stereocenters. The van der Waals surface area contributed by atoms with Gasteiger partial charge in [-0.2, -0.15) is 0 Å². The average Bonchev–Trinajstić information content (AvgIpc) is 2.95. The summed E-state index contributed by atoms with van der Waals surface area (Å²) in [5, 5.41) is 3.56. The van der Waals surface area contributed by atoms with Gasteiger partial charge in [-0.25, -0.2) is 0 Å². The summed E-state index contributed by atoms with van der Waals surface area (Å²) in [6.45, 7) is 1.91. The van der Waals surface area contributed by atoms with Gasteiger partial charge >= 0.3 is 0 Å². The van der Waals surface area contributed by atoms with E-state index in [1.54, 1.807) is 0 Å². The second kappa shape index (κ2) is 6.11. The van der Waals surface area contributed by atoms with Crippen LogP contribution in [-0.4, -0.2) is 38.0 Å². The van der Waals surface area contributed by atoms with E-state index in [0.29, 0.717) is 12.1 Å². The largest absolute Gasteiger partial charge is 0.377 e. The molecule has 1 saturated carbocycles. The van der Waals surface area contributed by atoms with Crippen LogP contribution in [-0.2, 0) is 9.47 Å². The molecule has 0 aromatic heterocycles. The Bertz CT molecular complexity index is 277. The van der Waals surface area contributed by atoms with Gasteiger partial charge in [0.05, 0.1) is 11.7 Å². The van der Waals surface area contributed by atoms with E-state index in [4.69, 9.17) is 9.47 Å². The maximum Gasteiger partial charge on any atom is 0.0731 e. The van der Waals surface area contributed by atoms with Gasteiger partial charge in [0.1, 0.15) is 0 Å². The fourth-order valence-corrected chi connectivity index (χ4v) is 4.53. The Kier molecular flexibility index (Phi) is 4.45. The molecule has 3 aliphatic rings. The summed E-state index contributed by atoms with van der Waals surface area (Å²) in [4.78, 5) is 0. The van der Waals surface area contributed by atoms with Gasteiger partial charge in [0, 0.05) is 19.3 Å². The smallest absolute Gasteiger partial charge is 0.0731 e. The minimum atomic E-state index is 0.217. The molecule has 1 spiro atoms. The lowest BCUT2D eigenvalue weighted by Gasteiger charge is -2.46. The highest BCUT2D eigenvalue weighted by molar-refractivity contribution is 4.95. The standard InChI is InChI=1S/C16H29NO2/c1-17-15(14-6-5-10-18-14)13-7-11-19-16(12-13)8-3-2-4-9-16/h13-15,17H,2-12H2,1H3. The molecular formula is C16H29NO2. The molecule has 1 N–H and O–H groups in total. The maximum absolute atomic E-state index is 6.23. The zero-order valence-electron chi connectivity index (χ0n) is 12.3. The molecule has 2 aliphatic heterocycles. The van der Waals surface area contributed by atoms with Gasteiger partial charge in [0.15, 0.2) is 0 Å². The van der Waals surface area contributed by atoms with Crippen molar-refractivity contribution in [3.05, 3.63) is 0 Å². The predicted octanol–water partition coefficient (Wildman–Crippen LogP) is 2.88. The van der Waals surface area contributed by atoms with Crippen LogP contribution in [0.1, 0.15) is 57.8 Å². The Morgan fingerprint density at radius 2 is 1.89 bits per heavy atom. The highest BCUT2D eigenvalue weighted by atomic mass is 16.5. The molecule has 3 rings (SSSR count). The van der Waals surface area contributed by atoms with E-state index in [1.807, 2.05) is 0 Å². The minimum absolute atomic E-state index is 0.217. The van der Waals surface area contributed by atoms with E-state index in [9.17, 15) is 0 Å². The number of hydrogen-bond donors (Lipinski definition) is 1. The Morgan fingerprint density at radius 1 is 1.05 bits per heavy atom. The number of hydrogen-bond acceptors (Lipinski definition) is 3. The van der Waals surface area contributed by atoms with Gasteiger partial charge in [-0.1, -0.05) is 19.3 Å². The molecule has 3 heteroatoms. The van der Waals surface area contributed by atoms with Gasteiger partial charge in [0.25, 0.3) is 0 Å². The number of rotatable bonds is 3. The molecule has 2 saturated heterocycles. The van der Waals surface area contributed by atoms with Crippen LogP contribution in [0.4, 0.5) is 0 Å². The van der Waals surface area contributed by atoms with Crippen molar-refractivity contribution in [3.63, 3.8) is 0 Å². The van der Waals surface area contributed by atoms with Gasteiger partial charge in [0.2, 0.25) is 0 Å². The molecule has 3 fully saturated rings. The number of nitrogens with one attached hydrogen (secondary N) is 1. The maximum atomic E-state index is 6.23. The summed E-state index contributed by atoms with van der Waals surface area (Å²) in [6, 6.07) is 0.533. The fraction of sp³-hybridized carbons (Fsp3) is 1.00. The predicted molar refractivity (Wildman–Crippen MR) is 76.3 cm³/mol. The second-order valence-electron chi connectivity index (χ2n) is 6.71. The number of likely N-dealkylation sites (N-methyl/N-ethyl adjacent to an activating group) is 1. The molecule has 110 valence electrons. The van der Waals surface area contributed by atoms with Crippen molar-refractivity contribution < 1.29 is 9.47 Å². The van der Waals surface area contributed by atoms with Crippen LogP contribution >= 0.6 is 0 Å². The lowest BCUT2D eigenvalue weighted by atomic mass is 9.73. The van der Waals surface area contributed by atoms with E-state index in [0.717, 1.165) is 19.1 Å². The summed E-state index contributed by atoms with van der Waals surface area (Å²) in [5.74, 6) is 0.736. The van der Waals surface area contributed by atoms with Crippen molar-refractivity contribution in [1.82, 2.24) is 5.32 Å². The van der Waals surface area contributed by atoms with Crippen LogP contribution in [0.2, 0.25) is 0 Å². The Morgan fingerprint density at radius 3 is 2.58 bits per heavy atom. The van der Waals surface area contributed by atoms with Crippen LogP contribution in [0, 0.1) is 5.92 Å². The minimum Gasteiger partial charge on any atom is -0.377 e. The summed E-state index contributed by atoms with van der Waals surface area (Å²) < 4.78 is 12.2. The van der Waals surface area contributed by atoms with E-state index < -0.39 is 0 Å². The lowest BCUT2D eigenvalue weighted by molar-refractivity contribution is -0.127. The molecule has 2 heterocycles. The van der Waals surface area contributed by atoms with E-state index in [1.165, 1.54) is 57.8 Å². The topological polar surface area (TPSA) is 30.5 Å². The fourth-order valence-electron chi connectivity index (χ4n) is 4.53. The van der Waals surface area contributed by atoms with E-state index in [-0.39, 0.29) is 5.60 Å². The van der Waals surface area contributed by atoms with Crippen molar-refractivity contribution in [1.29, 1.82) is 0 Å². The summed E-state index contributed by atoms with van der Waals surface area (Å²) in [7, 11) is 2.11. The molecule has 0 aromatic carbocycles. The van der Waals surface area contributed by atoms with Crippen molar-refractivity contribution in [2.75, 3.05) is 20.3 Å². The first kappa shape index (κ1) is 13.8. The second-order valence-corrected chi connectivity index (χ2v) is 6.71. The molecule has 1 aliphatic carbocycles. The van der Waals surface area contributed by atoms with Gasteiger partial charge in [-0.3, -0.25) is 0 Å². The molecule has 0 radical (unpaired) electrons. The molecule has 3 atom stereocenters. The van der Waals surface area contributed by atoms with Crippen LogP contribution in [0.5, 0.6) is 0 Å². The zero-order chi connectivity index (χ0) is 13.1. The summed E-state index contributed by atoms with van der Waals surface area (Å²) in [5.41, 5.74) is 0.217. The van der Waals surface area contributed by atoms with Crippen molar-refractivity contribution in [2.24, 2.45) is 5.92 Å². The molecule has 0 aromatic rings. The quantitative estimate of drug-likeness (QED) is 0.853. The first-order valence-electron chi connectivity index (χ1n) is 8.26. The third-order valence-electron chi connectivity index (χ3n) is 5.50. The number of ether oxygens (including phenoxy) is 2. The normalized spacial score (nSPS) is 36.5.